The number of thiazole rings is 1. The summed E-state index contributed by atoms with van der Waals surface area (Å²) in [6.07, 6.45) is 2.16. The van der Waals surface area contributed by atoms with Crippen LogP contribution in [-0.2, 0) is 9.84 Å². The van der Waals surface area contributed by atoms with Crippen molar-refractivity contribution in [2.75, 3.05) is 31.7 Å². The zero-order valence-electron chi connectivity index (χ0n) is 15.6. The summed E-state index contributed by atoms with van der Waals surface area (Å²) in [5.74, 6) is 0.553. The Balaban J connectivity index is 1.47. The van der Waals surface area contributed by atoms with Crippen molar-refractivity contribution in [2.45, 2.75) is 24.9 Å². The Kier molecular flexibility index (Phi) is 5.39. The predicted molar refractivity (Wildman–Crippen MR) is 109 cm³/mol. The molecule has 28 heavy (non-hydrogen) atoms. The molecule has 9 heteroatoms. The van der Waals surface area contributed by atoms with Crippen LogP contribution >= 0.6 is 11.3 Å². The first kappa shape index (κ1) is 19.4. The third-order valence-corrected chi connectivity index (χ3v) is 7.93. The summed E-state index contributed by atoms with van der Waals surface area (Å²) in [6.45, 7) is 1.79. The van der Waals surface area contributed by atoms with Gasteiger partial charge in [-0.2, -0.15) is 0 Å². The van der Waals surface area contributed by atoms with Crippen molar-refractivity contribution < 1.29 is 17.9 Å². The van der Waals surface area contributed by atoms with Crippen LogP contribution in [-0.4, -0.2) is 68.0 Å². The van der Waals surface area contributed by atoms with Gasteiger partial charge in [0.2, 0.25) is 0 Å². The van der Waals surface area contributed by atoms with Gasteiger partial charge in [-0.25, -0.2) is 13.4 Å². The molecule has 1 amide bonds. The van der Waals surface area contributed by atoms with Crippen molar-refractivity contribution in [3.63, 3.8) is 0 Å². The molecule has 7 nitrogen and oxygen atoms in total. The molecule has 0 aliphatic carbocycles. The maximum absolute atomic E-state index is 12.7. The number of nitrogens with one attached hydrogen (secondary N) is 1. The zero-order chi connectivity index (χ0) is 19.7. The smallest absolute Gasteiger partial charge is 0.271 e. The molecule has 0 spiro atoms. The molecule has 1 N–H and O–H groups in total. The predicted octanol–water partition coefficient (Wildman–Crippen LogP) is 1.81. The Hall–Kier alpha value is -1.97. The number of hydrogen-bond acceptors (Lipinski definition) is 7. The Labute approximate surface area is 168 Å². The molecule has 2 aliphatic rings. The van der Waals surface area contributed by atoms with Crippen LogP contribution in [0.4, 0.5) is 0 Å². The summed E-state index contributed by atoms with van der Waals surface area (Å²) in [7, 11) is -1.53. The second-order valence-corrected chi connectivity index (χ2v) is 10.2. The maximum Gasteiger partial charge on any atom is 0.271 e. The average molecular weight is 422 g/mol. The fourth-order valence-electron chi connectivity index (χ4n) is 3.89. The van der Waals surface area contributed by atoms with Gasteiger partial charge in [0.05, 0.1) is 24.7 Å². The summed E-state index contributed by atoms with van der Waals surface area (Å²) in [5, 5.41) is 5.38. The molecule has 0 saturated carbocycles. The first-order valence-electron chi connectivity index (χ1n) is 9.30. The van der Waals surface area contributed by atoms with E-state index in [0.29, 0.717) is 5.69 Å². The molecule has 2 aromatic rings. The number of ether oxygens (including phenoxy) is 1. The standard InChI is InChI=1S/C19H23N3O4S2/c1-26-14-6-4-13(5-7-14)19-21-15(10-27-19)18(23)20-16-11-28(24,25)12-17(16)22-8-2-3-9-22/h4-7,10,16-17H,2-3,8-9,11-12H2,1H3,(H,20,23). The van der Waals surface area contributed by atoms with E-state index in [1.165, 1.54) is 11.3 Å². The van der Waals surface area contributed by atoms with Crippen LogP contribution in [0.1, 0.15) is 23.3 Å². The van der Waals surface area contributed by atoms with Gasteiger partial charge in [0.25, 0.3) is 5.91 Å². The summed E-state index contributed by atoms with van der Waals surface area (Å²) in [4.78, 5) is 19.4. The second kappa shape index (κ2) is 7.81. The maximum atomic E-state index is 12.7. The average Bonchev–Trinajstić information content (AvgIpc) is 3.41. The lowest BCUT2D eigenvalue weighted by atomic mass is 10.1. The highest BCUT2D eigenvalue weighted by molar-refractivity contribution is 7.91. The zero-order valence-corrected chi connectivity index (χ0v) is 17.3. The fraction of sp³-hybridized carbons (Fsp3) is 0.474. The number of nitrogens with zero attached hydrogens (tertiary/aromatic N) is 2. The molecule has 150 valence electrons. The van der Waals surface area contributed by atoms with Crippen LogP contribution in [0.5, 0.6) is 5.75 Å². The first-order chi connectivity index (χ1) is 13.4. The number of amides is 1. The minimum absolute atomic E-state index is 0.00458. The number of carbonyl (C=O) groups is 1. The van der Waals surface area contributed by atoms with Gasteiger partial charge in [0, 0.05) is 17.0 Å². The Bertz CT molecular complexity index is 950. The molecular weight excluding hydrogens is 398 g/mol. The molecule has 0 radical (unpaired) electrons. The van der Waals surface area contributed by atoms with Gasteiger partial charge in [-0.05, 0) is 50.2 Å². The lowest BCUT2D eigenvalue weighted by molar-refractivity contribution is 0.0914. The second-order valence-electron chi connectivity index (χ2n) is 7.23. The monoisotopic (exact) mass is 421 g/mol. The molecule has 2 saturated heterocycles. The Morgan fingerprint density at radius 2 is 1.93 bits per heavy atom. The van der Waals surface area contributed by atoms with Gasteiger partial charge in [-0.1, -0.05) is 0 Å². The number of benzene rings is 1. The van der Waals surface area contributed by atoms with E-state index in [1.54, 1.807) is 12.5 Å². The van der Waals surface area contributed by atoms with E-state index in [2.05, 4.69) is 15.2 Å². The van der Waals surface area contributed by atoms with Gasteiger partial charge < -0.3 is 10.1 Å². The summed E-state index contributed by atoms with van der Waals surface area (Å²) in [6, 6.07) is 6.96. The van der Waals surface area contributed by atoms with E-state index in [4.69, 9.17) is 4.74 Å². The minimum atomic E-state index is -3.14. The third-order valence-electron chi connectivity index (χ3n) is 5.32. The highest BCUT2D eigenvalue weighted by atomic mass is 32.2. The van der Waals surface area contributed by atoms with E-state index in [-0.39, 0.29) is 29.5 Å². The molecular formula is C19H23N3O4S2. The first-order valence-corrected chi connectivity index (χ1v) is 12.0. The summed E-state index contributed by atoms with van der Waals surface area (Å²) < 4.78 is 29.5. The SMILES string of the molecule is COc1ccc(-c2nc(C(=O)NC3CS(=O)(=O)CC3N3CCCC3)cs2)cc1. The Morgan fingerprint density at radius 1 is 1.21 bits per heavy atom. The van der Waals surface area contributed by atoms with Crippen LogP contribution in [0.25, 0.3) is 10.6 Å². The van der Waals surface area contributed by atoms with Crippen LogP contribution in [0, 0.1) is 0 Å². The van der Waals surface area contributed by atoms with Crippen LogP contribution in [0.15, 0.2) is 29.6 Å². The quantitative estimate of drug-likeness (QED) is 0.792. The molecule has 2 fully saturated rings. The van der Waals surface area contributed by atoms with E-state index in [9.17, 15) is 13.2 Å². The lowest BCUT2D eigenvalue weighted by Crippen LogP contribution is -2.50. The Morgan fingerprint density at radius 3 is 2.61 bits per heavy atom. The number of rotatable bonds is 5. The fourth-order valence-corrected chi connectivity index (χ4v) is 6.64. The molecule has 0 bridgehead atoms. The molecule has 1 aromatic heterocycles. The molecule has 2 atom stereocenters. The van der Waals surface area contributed by atoms with E-state index in [1.807, 2.05) is 24.3 Å². The van der Waals surface area contributed by atoms with E-state index >= 15 is 0 Å². The molecule has 3 heterocycles. The van der Waals surface area contributed by atoms with Crippen molar-refractivity contribution in [3.05, 3.63) is 35.3 Å². The number of sulfone groups is 1. The molecule has 2 aliphatic heterocycles. The topological polar surface area (TPSA) is 88.6 Å². The third kappa shape index (κ3) is 4.06. The number of aromatic nitrogens is 1. The summed E-state index contributed by atoms with van der Waals surface area (Å²) in [5.41, 5.74) is 1.23. The molecule has 1 aromatic carbocycles. The normalized spacial score (nSPS) is 24.3. The number of hydrogen-bond donors (Lipinski definition) is 1. The number of carbonyl (C=O) groups excluding carboxylic acids is 1. The van der Waals surface area contributed by atoms with Gasteiger partial charge in [0.1, 0.15) is 16.5 Å². The van der Waals surface area contributed by atoms with Crippen molar-refractivity contribution in [3.8, 4) is 16.3 Å². The van der Waals surface area contributed by atoms with Gasteiger partial charge in [-0.15, -0.1) is 11.3 Å². The molecule has 2 unspecified atom stereocenters. The van der Waals surface area contributed by atoms with Gasteiger partial charge in [0.15, 0.2) is 9.84 Å². The van der Waals surface area contributed by atoms with E-state index in [0.717, 1.165) is 42.3 Å². The number of methoxy groups -OCH3 is 1. The van der Waals surface area contributed by atoms with Gasteiger partial charge >= 0.3 is 0 Å². The molecule has 4 rings (SSSR count). The van der Waals surface area contributed by atoms with Crippen LogP contribution in [0.2, 0.25) is 0 Å². The van der Waals surface area contributed by atoms with Crippen molar-refractivity contribution in [2.24, 2.45) is 0 Å². The lowest BCUT2D eigenvalue weighted by Gasteiger charge is -2.28. The number of likely N-dealkylation sites (tertiary alicyclic amines) is 1. The van der Waals surface area contributed by atoms with Gasteiger partial charge in [-0.3, -0.25) is 9.69 Å². The van der Waals surface area contributed by atoms with Crippen molar-refractivity contribution in [1.82, 2.24) is 15.2 Å². The highest BCUT2D eigenvalue weighted by Gasteiger charge is 2.42. The van der Waals surface area contributed by atoms with E-state index < -0.39 is 9.84 Å². The van der Waals surface area contributed by atoms with Crippen molar-refractivity contribution in [1.29, 1.82) is 0 Å². The largest absolute Gasteiger partial charge is 0.497 e. The van der Waals surface area contributed by atoms with Crippen LogP contribution < -0.4 is 10.1 Å². The van der Waals surface area contributed by atoms with Crippen molar-refractivity contribution >= 4 is 27.1 Å². The summed E-state index contributed by atoms with van der Waals surface area (Å²) >= 11 is 1.39. The van der Waals surface area contributed by atoms with Crippen LogP contribution in [0.3, 0.4) is 0 Å². The minimum Gasteiger partial charge on any atom is -0.497 e. The highest BCUT2D eigenvalue weighted by Crippen LogP contribution is 2.27.